The lowest BCUT2D eigenvalue weighted by molar-refractivity contribution is 0.358. The van der Waals surface area contributed by atoms with Gasteiger partial charge >= 0.3 is 0 Å². The summed E-state index contributed by atoms with van der Waals surface area (Å²) >= 11 is 0. The molecule has 0 amide bonds. The van der Waals surface area contributed by atoms with Crippen molar-refractivity contribution in [2.24, 2.45) is 5.92 Å². The van der Waals surface area contributed by atoms with Gasteiger partial charge in [-0.25, -0.2) is 0 Å². The SMILES string of the molecule is N#CC(CN1CCCc2ccccc21)(NC1CC1)C1CC1. The fourth-order valence-electron chi connectivity index (χ4n) is 3.70. The molecule has 1 N–H and O–H groups in total. The van der Waals surface area contributed by atoms with Crippen molar-refractivity contribution in [2.75, 3.05) is 18.0 Å². The van der Waals surface area contributed by atoms with Gasteiger partial charge in [-0.15, -0.1) is 0 Å². The van der Waals surface area contributed by atoms with Gasteiger partial charge in [-0.3, -0.25) is 5.32 Å². The number of nitrogens with one attached hydrogen (secondary N) is 1. The Kier molecular flexibility index (Phi) is 3.15. The number of hydrogen-bond donors (Lipinski definition) is 1. The quantitative estimate of drug-likeness (QED) is 0.902. The van der Waals surface area contributed by atoms with Gasteiger partial charge in [0, 0.05) is 24.8 Å². The lowest BCUT2D eigenvalue weighted by Gasteiger charge is -2.38. The molecule has 1 atom stereocenters. The molecule has 2 saturated carbocycles. The monoisotopic (exact) mass is 281 g/mol. The number of aryl methyl sites for hydroxylation is 1. The van der Waals surface area contributed by atoms with Crippen LogP contribution in [0.15, 0.2) is 24.3 Å². The zero-order chi connectivity index (χ0) is 14.3. The molecular formula is C18H23N3. The molecule has 21 heavy (non-hydrogen) atoms. The molecule has 1 aromatic rings. The van der Waals surface area contributed by atoms with Crippen molar-refractivity contribution in [1.29, 1.82) is 5.26 Å². The zero-order valence-corrected chi connectivity index (χ0v) is 12.5. The standard InChI is InChI=1S/C18H23N3/c19-12-18(15-7-8-15,20-16-9-10-16)13-21-11-3-5-14-4-1-2-6-17(14)21/h1-2,4,6,15-16,20H,3,5,7-11,13H2. The molecular weight excluding hydrogens is 258 g/mol. The lowest BCUT2D eigenvalue weighted by Crippen LogP contribution is -2.56. The van der Waals surface area contributed by atoms with E-state index in [0.29, 0.717) is 12.0 Å². The van der Waals surface area contributed by atoms with Crippen LogP contribution in [0.4, 0.5) is 5.69 Å². The van der Waals surface area contributed by atoms with Crippen LogP contribution in [0.2, 0.25) is 0 Å². The third kappa shape index (κ3) is 2.53. The van der Waals surface area contributed by atoms with Gasteiger partial charge in [0.15, 0.2) is 0 Å². The highest BCUT2D eigenvalue weighted by Crippen LogP contribution is 2.43. The molecule has 110 valence electrons. The van der Waals surface area contributed by atoms with Crippen LogP contribution < -0.4 is 10.2 Å². The molecule has 3 aliphatic rings. The number of benzene rings is 1. The highest BCUT2D eigenvalue weighted by molar-refractivity contribution is 5.56. The molecule has 1 unspecified atom stereocenters. The number of nitrogens with zero attached hydrogens (tertiary/aromatic N) is 2. The largest absolute Gasteiger partial charge is 0.368 e. The van der Waals surface area contributed by atoms with Gasteiger partial charge in [-0.1, -0.05) is 18.2 Å². The van der Waals surface area contributed by atoms with Crippen LogP contribution in [-0.4, -0.2) is 24.7 Å². The molecule has 1 heterocycles. The molecule has 0 aromatic heterocycles. The Hall–Kier alpha value is -1.53. The summed E-state index contributed by atoms with van der Waals surface area (Å²) in [6.07, 6.45) is 7.28. The zero-order valence-electron chi connectivity index (χ0n) is 12.5. The van der Waals surface area contributed by atoms with E-state index in [1.807, 2.05) is 0 Å². The summed E-state index contributed by atoms with van der Waals surface area (Å²) in [7, 11) is 0. The van der Waals surface area contributed by atoms with Gasteiger partial charge in [0.25, 0.3) is 0 Å². The third-order valence-electron chi connectivity index (χ3n) is 5.16. The van der Waals surface area contributed by atoms with E-state index in [0.717, 1.165) is 13.1 Å². The third-order valence-corrected chi connectivity index (χ3v) is 5.16. The number of fused-ring (bicyclic) bond motifs is 1. The number of anilines is 1. The van der Waals surface area contributed by atoms with Crippen LogP contribution in [-0.2, 0) is 6.42 Å². The van der Waals surface area contributed by atoms with Crippen molar-refractivity contribution in [1.82, 2.24) is 5.32 Å². The molecule has 0 spiro atoms. The molecule has 3 nitrogen and oxygen atoms in total. The maximum absolute atomic E-state index is 9.90. The fraction of sp³-hybridized carbons (Fsp3) is 0.611. The van der Waals surface area contributed by atoms with Gasteiger partial charge in [0.05, 0.1) is 6.07 Å². The van der Waals surface area contributed by atoms with Gasteiger partial charge < -0.3 is 4.90 Å². The molecule has 1 aliphatic heterocycles. The molecule has 0 saturated heterocycles. The van der Waals surface area contributed by atoms with Crippen molar-refractivity contribution >= 4 is 5.69 Å². The lowest BCUT2D eigenvalue weighted by atomic mass is 9.91. The van der Waals surface area contributed by atoms with E-state index in [1.54, 1.807) is 0 Å². The van der Waals surface area contributed by atoms with E-state index in [1.165, 1.54) is 49.8 Å². The first-order chi connectivity index (χ1) is 10.3. The Morgan fingerprint density at radius 2 is 2.05 bits per heavy atom. The minimum Gasteiger partial charge on any atom is -0.368 e. The molecule has 3 heteroatoms. The highest BCUT2D eigenvalue weighted by Gasteiger charge is 2.49. The van der Waals surface area contributed by atoms with Crippen LogP contribution >= 0.6 is 0 Å². The Balaban J connectivity index is 1.60. The Bertz CT molecular complexity index is 568. The summed E-state index contributed by atoms with van der Waals surface area (Å²) < 4.78 is 0. The second-order valence-corrected chi connectivity index (χ2v) is 6.93. The van der Waals surface area contributed by atoms with Crippen LogP contribution in [0.3, 0.4) is 0 Å². The van der Waals surface area contributed by atoms with Crippen molar-refractivity contribution < 1.29 is 0 Å². The van der Waals surface area contributed by atoms with E-state index < -0.39 is 0 Å². The summed E-state index contributed by atoms with van der Waals surface area (Å²) in [5, 5.41) is 13.6. The smallest absolute Gasteiger partial charge is 0.127 e. The number of para-hydroxylation sites is 1. The first-order valence-electron chi connectivity index (χ1n) is 8.32. The first kappa shape index (κ1) is 13.2. The Morgan fingerprint density at radius 3 is 2.76 bits per heavy atom. The van der Waals surface area contributed by atoms with Crippen molar-refractivity contribution in [3.63, 3.8) is 0 Å². The van der Waals surface area contributed by atoms with Crippen molar-refractivity contribution in [3.05, 3.63) is 29.8 Å². The summed E-state index contributed by atoms with van der Waals surface area (Å²) in [5.41, 5.74) is 2.46. The minimum absolute atomic E-state index is 0.328. The molecule has 1 aromatic carbocycles. The molecule has 2 fully saturated rings. The van der Waals surface area contributed by atoms with Crippen molar-refractivity contribution in [2.45, 2.75) is 50.1 Å². The fourth-order valence-corrected chi connectivity index (χ4v) is 3.70. The van der Waals surface area contributed by atoms with Crippen LogP contribution in [0.5, 0.6) is 0 Å². The van der Waals surface area contributed by atoms with E-state index >= 15 is 0 Å². The summed E-state index contributed by atoms with van der Waals surface area (Å²) in [6, 6.07) is 12.0. The Labute approximate surface area is 126 Å². The van der Waals surface area contributed by atoms with Gasteiger partial charge in [0.2, 0.25) is 0 Å². The average molecular weight is 281 g/mol. The number of hydrogen-bond acceptors (Lipinski definition) is 3. The van der Waals surface area contributed by atoms with Crippen LogP contribution in [0, 0.1) is 17.2 Å². The van der Waals surface area contributed by atoms with Gasteiger partial charge in [-0.2, -0.15) is 5.26 Å². The molecule has 4 rings (SSSR count). The first-order valence-corrected chi connectivity index (χ1v) is 8.32. The van der Waals surface area contributed by atoms with Gasteiger partial charge in [-0.05, 0) is 56.1 Å². The average Bonchev–Trinajstić information content (AvgIpc) is 3.39. The highest BCUT2D eigenvalue weighted by atomic mass is 15.2. The molecule has 0 bridgehead atoms. The summed E-state index contributed by atoms with van der Waals surface area (Å²) in [6.45, 7) is 1.93. The van der Waals surface area contributed by atoms with Crippen LogP contribution in [0.25, 0.3) is 0 Å². The predicted octanol–water partition coefficient (Wildman–Crippen LogP) is 2.86. The maximum atomic E-state index is 9.90. The number of nitriles is 1. The van der Waals surface area contributed by atoms with Crippen molar-refractivity contribution in [3.8, 4) is 6.07 Å². The van der Waals surface area contributed by atoms with Crippen LogP contribution in [0.1, 0.15) is 37.7 Å². The second kappa shape index (κ2) is 5.03. The molecule has 0 radical (unpaired) electrons. The topological polar surface area (TPSA) is 39.1 Å². The van der Waals surface area contributed by atoms with E-state index in [9.17, 15) is 5.26 Å². The number of rotatable bonds is 5. The predicted molar refractivity (Wildman–Crippen MR) is 84.2 cm³/mol. The normalized spacial score (nSPS) is 24.0. The van der Waals surface area contributed by atoms with Gasteiger partial charge in [0.1, 0.15) is 5.54 Å². The second-order valence-electron chi connectivity index (χ2n) is 6.93. The summed E-state index contributed by atoms with van der Waals surface area (Å²) in [5.74, 6) is 0.553. The minimum atomic E-state index is -0.328. The van der Waals surface area contributed by atoms with E-state index in [4.69, 9.17) is 0 Å². The summed E-state index contributed by atoms with van der Waals surface area (Å²) in [4.78, 5) is 2.45. The maximum Gasteiger partial charge on any atom is 0.127 e. The van der Waals surface area contributed by atoms with E-state index in [2.05, 4.69) is 40.6 Å². The van der Waals surface area contributed by atoms with E-state index in [-0.39, 0.29) is 5.54 Å². The molecule has 2 aliphatic carbocycles. The Morgan fingerprint density at radius 1 is 1.24 bits per heavy atom.